The Balaban J connectivity index is 1.07. The molecule has 12 aromatic rings. The maximum Gasteiger partial charge on any atom is 0.164 e. The van der Waals surface area contributed by atoms with Gasteiger partial charge in [-0.3, -0.25) is 0 Å². The number of benzene rings is 9. The van der Waals surface area contributed by atoms with E-state index in [9.17, 15) is 0 Å². The van der Waals surface area contributed by atoms with Gasteiger partial charge in [-0.25, -0.2) is 15.0 Å². The minimum Gasteiger partial charge on any atom is -0.309 e. The third kappa shape index (κ3) is 6.06. The summed E-state index contributed by atoms with van der Waals surface area (Å²) >= 11 is 0. The number of para-hydroxylation sites is 4. The van der Waals surface area contributed by atoms with Gasteiger partial charge < -0.3 is 9.13 Å². The summed E-state index contributed by atoms with van der Waals surface area (Å²) in [5.41, 5.74) is 14.0. The summed E-state index contributed by atoms with van der Waals surface area (Å²) in [6.45, 7) is 0. The molecule has 0 saturated heterocycles. The standard InChI is InChI=1S/C57H37N5/c1-5-17-38(18-6-1)42-33-43(40-29-31-49-47-25-13-15-27-51(47)62(54(49)37-40)46-23-11-4-12-24-46)35-44(34-42)57-59-55(39-19-7-2-8-20-39)58-56(60-57)41-30-32-53-50(36-41)48-26-14-16-28-52(48)61(53)45-21-9-3-10-22-45/h1-37H. The summed E-state index contributed by atoms with van der Waals surface area (Å²) in [5, 5.41) is 4.76. The third-order valence-electron chi connectivity index (χ3n) is 11.9. The van der Waals surface area contributed by atoms with Gasteiger partial charge in [0.2, 0.25) is 0 Å². The molecule has 0 spiro atoms. The largest absolute Gasteiger partial charge is 0.309 e. The lowest BCUT2D eigenvalue weighted by atomic mass is 9.95. The van der Waals surface area contributed by atoms with Crippen LogP contribution in [0.25, 0.3) is 111 Å². The third-order valence-corrected chi connectivity index (χ3v) is 11.9. The van der Waals surface area contributed by atoms with Crippen molar-refractivity contribution in [2.45, 2.75) is 0 Å². The summed E-state index contributed by atoms with van der Waals surface area (Å²) in [6, 6.07) is 79.3. The van der Waals surface area contributed by atoms with E-state index in [4.69, 9.17) is 15.0 Å². The molecule has 0 bridgehead atoms. The van der Waals surface area contributed by atoms with E-state index in [1.54, 1.807) is 0 Å². The zero-order chi connectivity index (χ0) is 41.0. The van der Waals surface area contributed by atoms with E-state index in [0.29, 0.717) is 17.5 Å². The molecule has 5 heteroatoms. The van der Waals surface area contributed by atoms with Crippen LogP contribution in [0, 0.1) is 0 Å². The molecule has 0 aliphatic rings. The molecule has 0 aliphatic carbocycles. The predicted octanol–water partition coefficient (Wildman–Crippen LogP) is 14.4. The van der Waals surface area contributed by atoms with Gasteiger partial charge in [0.05, 0.1) is 22.1 Å². The van der Waals surface area contributed by atoms with Crippen LogP contribution >= 0.6 is 0 Å². The summed E-state index contributed by atoms with van der Waals surface area (Å²) in [4.78, 5) is 15.7. The van der Waals surface area contributed by atoms with Gasteiger partial charge in [0, 0.05) is 49.6 Å². The second-order valence-corrected chi connectivity index (χ2v) is 15.7. The van der Waals surface area contributed by atoms with Gasteiger partial charge in [-0.2, -0.15) is 0 Å². The quantitative estimate of drug-likeness (QED) is 0.162. The summed E-state index contributed by atoms with van der Waals surface area (Å²) in [5.74, 6) is 1.85. The highest BCUT2D eigenvalue weighted by Crippen LogP contribution is 2.39. The maximum absolute atomic E-state index is 5.32. The van der Waals surface area contributed by atoms with Crippen LogP contribution < -0.4 is 0 Å². The van der Waals surface area contributed by atoms with Gasteiger partial charge in [-0.1, -0.05) is 146 Å². The van der Waals surface area contributed by atoms with Gasteiger partial charge in [-0.05, 0) is 101 Å². The van der Waals surface area contributed by atoms with Crippen molar-refractivity contribution < 1.29 is 0 Å². The smallest absolute Gasteiger partial charge is 0.164 e. The molecule has 0 N–H and O–H groups in total. The number of nitrogens with zero attached hydrogens (tertiary/aromatic N) is 5. The molecule has 5 nitrogen and oxygen atoms in total. The maximum atomic E-state index is 5.32. The molecule has 0 amide bonds. The Morgan fingerprint density at radius 3 is 1.27 bits per heavy atom. The highest BCUT2D eigenvalue weighted by Gasteiger charge is 2.19. The normalized spacial score (nSPS) is 11.5. The van der Waals surface area contributed by atoms with Crippen LogP contribution in [0.5, 0.6) is 0 Å². The molecule has 290 valence electrons. The van der Waals surface area contributed by atoms with Crippen molar-refractivity contribution in [3.05, 3.63) is 224 Å². The average Bonchev–Trinajstić information content (AvgIpc) is 3.87. The van der Waals surface area contributed by atoms with Gasteiger partial charge >= 0.3 is 0 Å². The molecule has 0 aliphatic heterocycles. The van der Waals surface area contributed by atoms with Crippen molar-refractivity contribution in [2.24, 2.45) is 0 Å². The minimum atomic E-state index is 0.610. The van der Waals surface area contributed by atoms with E-state index < -0.39 is 0 Å². The Morgan fingerprint density at radius 2 is 0.645 bits per heavy atom. The van der Waals surface area contributed by atoms with Gasteiger partial charge in [0.15, 0.2) is 17.5 Å². The van der Waals surface area contributed by atoms with Crippen LogP contribution in [0.2, 0.25) is 0 Å². The first-order valence-corrected chi connectivity index (χ1v) is 20.9. The van der Waals surface area contributed by atoms with E-state index in [1.807, 2.05) is 18.2 Å². The van der Waals surface area contributed by atoms with Crippen LogP contribution in [0.1, 0.15) is 0 Å². The second-order valence-electron chi connectivity index (χ2n) is 15.7. The van der Waals surface area contributed by atoms with Gasteiger partial charge in [-0.15, -0.1) is 0 Å². The van der Waals surface area contributed by atoms with Crippen LogP contribution in [0.4, 0.5) is 0 Å². The zero-order valence-electron chi connectivity index (χ0n) is 33.6. The molecule has 0 saturated carbocycles. The van der Waals surface area contributed by atoms with Crippen LogP contribution in [0.3, 0.4) is 0 Å². The van der Waals surface area contributed by atoms with Crippen LogP contribution in [0.15, 0.2) is 224 Å². The minimum absolute atomic E-state index is 0.610. The Bertz CT molecular complexity index is 3610. The first-order chi connectivity index (χ1) is 30.7. The highest BCUT2D eigenvalue weighted by molar-refractivity contribution is 6.11. The van der Waals surface area contributed by atoms with Crippen molar-refractivity contribution in [1.82, 2.24) is 24.1 Å². The molecule has 0 fully saturated rings. The monoisotopic (exact) mass is 791 g/mol. The Hall–Kier alpha value is -8.41. The lowest BCUT2D eigenvalue weighted by Gasteiger charge is -2.13. The summed E-state index contributed by atoms with van der Waals surface area (Å²) in [7, 11) is 0. The Labute approximate surface area is 358 Å². The topological polar surface area (TPSA) is 48.5 Å². The molecule has 3 heterocycles. The molecular weight excluding hydrogens is 755 g/mol. The molecule has 3 aromatic heterocycles. The van der Waals surface area contributed by atoms with E-state index in [1.165, 1.54) is 21.7 Å². The van der Waals surface area contributed by atoms with Crippen LogP contribution in [-0.2, 0) is 0 Å². The van der Waals surface area contributed by atoms with Crippen molar-refractivity contribution >= 4 is 43.6 Å². The number of hydrogen-bond acceptors (Lipinski definition) is 3. The summed E-state index contributed by atoms with van der Waals surface area (Å²) < 4.78 is 4.70. The molecular formula is C57H37N5. The first-order valence-electron chi connectivity index (χ1n) is 20.9. The zero-order valence-corrected chi connectivity index (χ0v) is 33.6. The first kappa shape index (κ1) is 35.5. The van der Waals surface area contributed by atoms with E-state index in [0.717, 1.165) is 72.3 Å². The molecule has 0 atom stereocenters. The molecule has 62 heavy (non-hydrogen) atoms. The van der Waals surface area contributed by atoms with Crippen molar-refractivity contribution in [1.29, 1.82) is 0 Å². The average molecular weight is 792 g/mol. The van der Waals surface area contributed by atoms with Crippen molar-refractivity contribution in [2.75, 3.05) is 0 Å². The molecule has 0 radical (unpaired) electrons. The van der Waals surface area contributed by atoms with Crippen LogP contribution in [-0.4, -0.2) is 24.1 Å². The molecule has 12 rings (SSSR count). The SMILES string of the molecule is c1ccc(-c2cc(-c3ccc4c5ccccc5n(-c5ccccc5)c4c3)cc(-c3nc(-c4ccccc4)nc(-c4ccc5c(c4)c4ccccc4n5-c4ccccc4)n3)c2)cc1. The highest BCUT2D eigenvalue weighted by atomic mass is 15.0. The van der Waals surface area contributed by atoms with Gasteiger partial charge in [0.1, 0.15) is 0 Å². The lowest BCUT2D eigenvalue weighted by molar-refractivity contribution is 1.07. The van der Waals surface area contributed by atoms with Crippen molar-refractivity contribution in [3.63, 3.8) is 0 Å². The number of rotatable bonds is 7. The fourth-order valence-corrected chi connectivity index (χ4v) is 9.04. The number of fused-ring (bicyclic) bond motifs is 6. The van der Waals surface area contributed by atoms with Gasteiger partial charge in [0.25, 0.3) is 0 Å². The molecule has 9 aromatic carbocycles. The lowest BCUT2D eigenvalue weighted by Crippen LogP contribution is -2.01. The van der Waals surface area contributed by atoms with E-state index in [-0.39, 0.29) is 0 Å². The predicted molar refractivity (Wildman–Crippen MR) is 256 cm³/mol. The fraction of sp³-hybridized carbons (Fsp3) is 0. The summed E-state index contributed by atoms with van der Waals surface area (Å²) in [6.07, 6.45) is 0. The number of aromatic nitrogens is 5. The second kappa shape index (κ2) is 14.7. The molecule has 0 unspecified atom stereocenters. The van der Waals surface area contributed by atoms with E-state index in [2.05, 4.69) is 215 Å². The number of hydrogen-bond donors (Lipinski definition) is 0. The Kier molecular flexibility index (Phi) is 8.42. The van der Waals surface area contributed by atoms with Crippen molar-refractivity contribution in [3.8, 4) is 67.8 Å². The fourth-order valence-electron chi connectivity index (χ4n) is 9.04. The van der Waals surface area contributed by atoms with E-state index >= 15 is 0 Å². The Morgan fingerprint density at radius 1 is 0.226 bits per heavy atom.